The average molecular weight is 229 g/mol. The van der Waals surface area contributed by atoms with Crippen LogP contribution in [0.4, 0.5) is 0 Å². The van der Waals surface area contributed by atoms with E-state index in [1.807, 2.05) is 6.26 Å². The molecule has 0 aliphatic heterocycles. The summed E-state index contributed by atoms with van der Waals surface area (Å²) in [4.78, 5) is 21.3. The van der Waals surface area contributed by atoms with Crippen LogP contribution in [0.15, 0.2) is 12.2 Å². The van der Waals surface area contributed by atoms with E-state index in [9.17, 15) is 9.59 Å². The molecule has 0 heterocycles. The van der Waals surface area contributed by atoms with Crippen LogP contribution in [0, 0.1) is 0 Å². The summed E-state index contributed by atoms with van der Waals surface area (Å²) in [6.07, 6.45) is 7.39. The minimum Gasteiger partial charge on any atom is -0.478 e. The van der Waals surface area contributed by atoms with Crippen LogP contribution >= 0.6 is 11.8 Å². The van der Waals surface area contributed by atoms with Crippen LogP contribution in [-0.4, -0.2) is 34.5 Å². The first kappa shape index (κ1) is 12.1. The number of amides is 1. The van der Waals surface area contributed by atoms with Crippen molar-refractivity contribution in [3.63, 3.8) is 0 Å². The van der Waals surface area contributed by atoms with Crippen molar-refractivity contribution in [1.29, 1.82) is 0 Å². The van der Waals surface area contributed by atoms with Gasteiger partial charge in [0.05, 0.1) is 0 Å². The SMILES string of the molecule is CSC1(CNC(=O)/C=C/C(=O)O)CCC1. The lowest BCUT2D eigenvalue weighted by Gasteiger charge is -2.40. The fourth-order valence-corrected chi connectivity index (χ4v) is 2.39. The number of thioether (sulfide) groups is 1. The summed E-state index contributed by atoms with van der Waals surface area (Å²) >= 11 is 1.77. The Labute approximate surface area is 93.1 Å². The summed E-state index contributed by atoms with van der Waals surface area (Å²) in [6, 6.07) is 0. The van der Waals surface area contributed by atoms with Gasteiger partial charge in [0.2, 0.25) is 5.91 Å². The molecule has 0 aromatic heterocycles. The molecule has 4 nitrogen and oxygen atoms in total. The normalized spacial score (nSPS) is 18.5. The van der Waals surface area contributed by atoms with Gasteiger partial charge in [0.25, 0.3) is 0 Å². The zero-order chi connectivity index (χ0) is 11.3. The molecule has 0 unspecified atom stereocenters. The Hall–Kier alpha value is -0.970. The lowest BCUT2D eigenvalue weighted by atomic mass is 9.84. The van der Waals surface area contributed by atoms with E-state index in [4.69, 9.17) is 5.11 Å². The van der Waals surface area contributed by atoms with E-state index < -0.39 is 5.97 Å². The maximum absolute atomic E-state index is 11.2. The largest absolute Gasteiger partial charge is 0.478 e. The summed E-state index contributed by atoms with van der Waals surface area (Å²) in [5, 5.41) is 11.0. The average Bonchev–Trinajstić information content (AvgIpc) is 2.14. The van der Waals surface area contributed by atoms with E-state index in [1.54, 1.807) is 11.8 Å². The van der Waals surface area contributed by atoms with E-state index in [1.165, 1.54) is 6.42 Å². The number of carboxylic acid groups (broad SMARTS) is 1. The molecule has 0 bridgehead atoms. The molecule has 0 spiro atoms. The number of carbonyl (C=O) groups excluding carboxylic acids is 1. The van der Waals surface area contributed by atoms with Gasteiger partial charge >= 0.3 is 5.97 Å². The Bertz CT molecular complexity index is 279. The fourth-order valence-electron chi connectivity index (χ4n) is 1.48. The van der Waals surface area contributed by atoms with Gasteiger partial charge in [0, 0.05) is 23.4 Å². The van der Waals surface area contributed by atoms with E-state index in [0.717, 1.165) is 25.0 Å². The van der Waals surface area contributed by atoms with Crippen molar-refractivity contribution in [2.24, 2.45) is 0 Å². The molecular formula is C10H15NO3S. The zero-order valence-corrected chi connectivity index (χ0v) is 9.47. The number of aliphatic carboxylic acids is 1. The van der Waals surface area contributed by atoms with E-state index in [0.29, 0.717) is 6.54 Å². The van der Waals surface area contributed by atoms with Crippen LogP contribution in [0.3, 0.4) is 0 Å². The summed E-state index contributed by atoms with van der Waals surface area (Å²) < 4.78 is 0.187. The van der Waals surface area contributed by atoms with Gasteiger partial charge in [-0.1, -0.05) is 6.42 Å². The van der Waals surface area contributed by atoms with Crippen LogP contribution in [-0.2, 0) is 9.59 Å². The predicted molar refractivity (Wildman–Crippen MR) is 59.9 cm³/mol. The number of nitrogens with one attached hydrogen (secondary N) is 1. The molecule has 0 aromatic carbocycles. The van der Waals surface area contributed by atoms with Crippen molar-refractivity contribution in [3.05, 3.63) is 12.2 Å². The molecule has 2 N–H and O–H groups in total. The van der Waals surface area contributed by atoms with Gasteiger partial charge in [-0.05, 0) is 19.1 Å². The Morgan fingerprint density at radius 1 is 1.47 bits per heavy atom. The van der Waals surface area contributed by atoms with Gasteiger partial charge in [-0.25, -0.2) is 4.79 Å². The molecule has 15 heavy (non-hydrogen) atoms. The Balaban J connectivity index is 2.30. The molecule has 0 aromatic rings. The minimum atomic E-state index is -1.10. The van der Waals surface area contributed by atoms with Gasteiger partial charge in [-0.2, -0.15) is 11.8 Å². The van der Waals surface area contributed by atoms with Crippen LogP contribution < -0.4 is 5.32 Å². The molecule has 0 radical (unpaired) electrons. The third-order valence-corrected chi connectivity index (χ3v) is 4.08. The predicted octanol–water partition coefficient (Wildman–Crippen LogP) is 1.03. The van der Waals surface area contributed by atoms with Gasteiger partial charge < -0.3 is 10.4 Å². The third-order valence-electron chi connectivity index (χ3n) is 2.66. The minimum absolute atomic E-state index is 0.187. The first-order valence-corrected chi connectivity index (χ1v) is 6.04. The Morgan fingerprint density at radius 2 is 2.13 bits per heavy atom. The molecule has 1 amide bonds. The second-order valence-electron chi connectivity index (χ2n) is 3.63. The van der Waals surface area contributed by atoms with Crippen molar-refractivity contribution in [1.82, 2.24) is 5.32 Å². The highest BCUT2D eigenvalue weighted by atomic mass is 32.2. The second kappa shape index (κ2) is 5.21. The molecule has 0 saturated heterocycles. The van der Waals surface area contributed by atoms with Crippen LogP contribution in [0.5, 0.6) is 0 Å². The van der Waals surface area contributed by atoms with Crippen molar-refractivity contribution >= 4 is 23.6 Å². The standard InChI is InChI=1S/C10H15NO3S/c1-15-10(5-2-6-10)7-11-8(12)3-4-9(13)14/h3-4H,2,5-7H2,1H3,(H,11,12)(H,13,14)/b4-3+. The van der Waals surface area contributed by atoms with Crippen molar-refractivity contribution in [3.8, 4) is 0 Å². The van der Waals surface area contributed by atoms with Gasteiger partial charge in [-0.15, -0.1) is 0 Å². The quantitative estimate of drug-likeness (QED) is 0.691. The molecule has 1 saturated carbocycles. The maximum atomic E-state index is 11.2. The monoisotopic (exact) mass is 229 g/mol. The highest BCUT2D eigenvalue weighted by Gasteiger charge is 2.35. The first-order chi connectivity index (χ1) is 7.08. The maximum Gasteiger partial charge on any atom is 0.328 e. The van der Waals surface area contributed by atoms with Crippen LogP contribution in [0.1, 0.15) is 19.3 Å². The topological polar surface area (TPSA) is 66.4 Å². The summed E-state index contributed by atoms with van der Waals surface area (Å²) in [5.74, 6) is -1.44. The highest BCUT2D eigenvalue weighted by Crippen LogP contribution is 2.42. The smallest absolute Gasteiger partial charge is 0.328 e. The number of carbonyl (C=O) groups is 2. The molecule has 0 atom stereocenters. The lowest BCUT2D eigenvalue weighted by Crippen LogP contribution is -2.44. The van der Waals surface area contributed by atoms with Crippen molar-refractivity contribution < 1.29 is 14.7 Å². The fraction of sp³-hybridized carbons (Fsp3) is 0.600. The Kier molecular flexibility index (Phi) is 4.20. The van der Waals surface area contributed by atoms with Crippen LogP contribution in [0.2, 0.25) is 0 Å². The molecule has 1 aliphatic rings. The number of carboxylic acids is 1. The van der Waals surface area contributed by atoms with Crippen molar-refractivity contribution in [2.45, 2.75) is 24.0 Å². The van der Waals surface area contributed by atoms with E-state index in [2.05, 4.69) is 5.32 Å². The molecule has 84 valence electrons. The molecular weight excluding hydrogens is 214 g/mol. The molecule has 1 aliphatic carbocycles. The molecule has 1 fully saturated rings. The van der Waals surface area contributed by atoms with Gasteiger partial charge in [0.15, 0.2) is 0 Å². The lowest BCUT2D eigenvalue weighted by molar-refractivity contribution is -0.131. The number of hydrogen-bond donors (Lipinski definition) is 2. The van der Waals surface area contributed by atoms with Crippen LogP contribution in [0.25, 0.3) is 0 Å². The van der Waals surface area contributed by atoms with Crippen molar-refractivity contribution in [2.75, 3.05) is 12.8 Å². The summed E-state index contributed by atoms with van der Waals surface area (Å²) in [7, 11) is 0. The summed E-state index contributed by atoms with van der Waals surface area (Å²) in [6.45, 7) is 0.622. The number of hydrogen-bond acceptors (Lipinski definition) is 3. The zero-order valence-electron chi connectivity index (χ0n) is 8.66. The third kappa shape index (κ3) is 3.58. The molecule has 5 heteroatoms. The molecule has 1 rings (SSSR count). The van der Waals surface area contributed by atoms with E-state index in [-0.39, 0.29) is 10.7 Å². The number of rotatable bonds is 5. The van der Waals surface area contributed by atoms with E-state index >= 15 is 0 Å². The van der Waals surface area contributed by atoms with Gasteiger partial charge in [0.1, 0.15) is 0 Å². The first-order valence-electron chi connectivity index (χ1n) is 4.82. The van der Waals surface area contributed by atoms with Gasteiger partial charge in [-0.3, -0.25) is 4.79 Å². The Morgan fingerprint density at radius 3 is 2.53 bits per heavy atom. The second-order valence-corrected chi connectivity index (χ2v) is 4.90. The highest BCUT2D eigenvalue weighted by molar-refractivity contribution is 8.00. The summed E-state index contributed by atoms with van der Waals surface area (Å²) in [5.41, 5.74) is 0.